The van der Waals surface area contributed by atoms with E-state index < -0.39 is 0 Å². The second kappa shape index (κ2) is 7.66. The Morgan fingerprint density at radius 1 is 1.25 bits per heavy atom. The zero-order chi connectivity index (χ0) is 17.9. The van der Waals surface area contributed by atoms with Crippen LogP contribution in [-0.2, 0) is 11.2 Å². The molecule has 1 aromatic carbocycles. The first kappa shape index (κ1) is 18.3. The normalized spacial score (nSPS) is 11.9. The SMILES string of the molecule is COc1ccc(CC(=O)N(C)[C@H](C)c2sc(C)nc2C)cc1OC. The molecule has 6 heteroatoms. The highest BCUT2D eigenvalue weighted by atomic mass is 32.1. The fraction of sp³-hybridized carbons (Fsp3) is 0.444. The van der Waals surface area contributed by atoms with Crippen molar-refractivity contribution < 1.29 is 14.3 Å². The molecule has 0 saturated carbocycles. The van der Waals surface area contributed by atoms with Crippen LogP contribution in [0.15, 0.2) is 18.2 Å². The summed E-state index contributed by atoms with van der Waals surface area (Å²) < 4.78 is 10.5. The molecule has 0 aliphatic rings. The number of hydrogen-bond acceptors (Lipinski definition) is 5. The molecule has 0 aliphatic heterocycles. The first-order valence-electron chi connectivity index (χ1n) is 7.77. The van der Waals surface area contributed by atoms with Crippen LogP contribution in [0.4, 0.5) is 0 Å². The van der Waals surface area contributed by atoms with Gasteiger partial charge in [-0.2, -0.15) is 0 Å². The molecule has 0 N–H and O–H groups in total. The zero-order valence-electron chi connectivity index (χ0n) is 15.0. The average Bonchev–Trinajstić information content (AvgIpc) is 2.91. The summed E-state index contributed by atoms with van der Waals surface area (Å²) in [6.45, 7) is 6.01. The Morgan fingerprint density at radius 2 is 1.92 bits per heavy atom. The molecule has 1 heterocycles. The van der Waals surface area contributed by atoms with Crippen LogP contribution in [0.5, 0.6) is 11.5 Å². The monoisotopic (exact) mass is 348 g/mol. The van der Waals surface area contributed by atoms with E-state index in [-0.39, 0.29) is 11.9 Å². The number of hydrogen-bond donors (Lipinski definition) is 0. The maximum absolute atomic E-state index is 12.6. The summed E-state index contributed by atoms with van der Waals surface area (Å²) in [5.74, 6) is 1.35. The Bertz CT molecular complexity index is 727. The molecule has 1 aromatic heterocycles. The first-order chi connectivity index (χ1) is 11.4. The van der Waals surface area contributed by atoms with Gasteiger partial charge in [-0.1, -0.05) is 6.07 Å². The van der Waals surface area contributed by atoms with Gasteiger partial charge < -0.3 is 14.4 Å². The van der Waals surface area contributed by atoms with Gasteiger partial charge in [-0.3, -0.25) is 4.79 Å². The van der Waals surface area contributed by atoms with Gasteiger partial charge in [-0.05, 0) is 38.5 Å². The number of likely N-dealkylation sites (N-methyl/N-ethyl adjacent to an activating group) is 1. The Hall–Kier alpha value is -2.08. The second-order valence-corrected chi connectivity index (χ2v) is 6.96. The zero-order valence-corrected chi connectivity index (χ0v) is 15.9. The summed E-state index contributed by atoms with van der Waals surface area (Å²) in [6, 6.07) is 5.56. The molecule has 0 radical (unpaired) electrons. The smallest absolute Gasteiger partial charge is 0.227 e. The summed E-state index contributed by atoms with van der Waals surface area (Å²) in [6.07, 6.45) is 0.317. The van der Waals surface area contributed by atoms with Crippen LogP contribution in [0.3, 0.4) is 0 Å². The number of ether oxygens (including phenoxy) is 2. The number of rotatable bonds is 6. The van der Waals surface area contributed by atoms with Crippen molar-refractivity contribution in [2.45, 2.75) is 33.2 Å². The maximum atomic E-state index is 12.6. The molecule has 2 rings (SSSR count). The van der Waals surface area contributed by atoms with Crippen molar-refractivity contribution in [1.29, 1.82) is 0 Å². The van der Waals surface area contributed by atoms with Crippen molar-refractivity contribution >= 4 is 17.2 Å². The van der Waals surface area contributed by atoms with Crippen molar-refractivity contribution in [3.63, 3.8) is 0 Å². The summed E-state index contributed by atoms with van der Waals surface area (Å²) in [7, 11) is 5.02. The summed E-state index contributed by atoms with van der Waals surface area (Å²) in [5.41, 5.74) is 1.89. The Balaban J connectivity index is 2.12. The molecule has 1 amide bonds. The lowest BCUT2D eigenvalue weighted by atomic mass is 10.1. The molecule has 0 fully saturated rings. The number of carbonyl (C=O) groups is 1. The lowest BCUT2D eigenvalue weighted by Gasteiger charge is -2.24. The maximum Gasteiger partial charge on any atom is 0.227 e. The number of aromatic nitrogens is 1. The Labute approximate surface area is 147 Å². The number of aryl methyl sites for hydroxylation is 2. The van der Waals surface area contributed by atoms with Gasteiger partial charge in [0.05, 0.1) is 37.4 Å². The molecule has 0 aliphatic carbocycles. The number of carbonyl (C=O) groups excluding carboxylic acids is 1. The van der Waals surface area contributed by atoms with Crippen LogP contribution >= 0.6 is 11.3 Å². The molecule has 24 heavy (non-hydrogen) atoms. The van der Waals surface area contributed by atoms with E-state index in [4.69, 9.17) is 9.47 Å². The largest absolute Gasteiger partial charge is 0.493 e. The van der Waals surface area contributed by atoms with Gasteiger partial charge in [-0.15, -0.1) is 11.3 Å². The predicted octanol–water partition coefficient (Wildman–Crippen LogP) is 3.54. The fourth-order valence-corrected chi connectivity index (χ4v) is 3.64. The predicted molar refractivity (Wildman–Crippen MR) is 96.0 cm³/mol. The van der Waals surface area contributed by atoms with Gasteiger partial charge in [0.25, 0.3) is 0 Å². The third kappa shape index (κ3) is 3.87. The highest BCUT2D eigenvalue weighted by Gasteiger charge is 2.22. The van der Waals surface area contributed by atoms with E-state index in [9.17, 15) is 4.79 Å². The van der Waals surface area contributed by atoms with E-state index in [1.807, 2.05) is 46.0 Å². The van der Waals surface area contributed by atoms with Crippen LogP contribution in [0.1, 0.15) is 34.1 Å². The molecule has 0 spiro atoms. The van der Waals surface area contributed by atoms with Gasteiger partial charge in [0.2, 0.25) is 5.91 Å². The summed E-state index contributed by atoms with van der Waals surface area (Å²) in [4.78, 5) is 20.0. The fourth-order valence-electron chi connectivity index (χ4n) is 2.62. The molecule has 5 nitrogen and oxygen atoms in total. The Kier molecular flexibility index (Phi) is 5.83. The van der Waals surface area contributed by atoms with E-state index in [0.29, 0.717) is 17.9 Å². The van der Waals surface area contributed by atoms with Crippen molar-refractivity contribution in [3.8, 4) is 11.5 Å². The minimum atomic E-state index is 0.00356. The Morgan fingerprint density at radius 3 is 2.46 bits per heavy atom. The van der Waals surface area contributed by atoms with Crippen molar-refractivity contribution in [2.24, 2.45) is 0 Å². The summed E-state index contributed by atoms with van der Waals surface area (Å²) in [5, 5.41) is 1.02. The third-order valence-electron chi connectivity index (χ3n) is 4.10. The number of thiazole rings is 1. The minimum absolute atomic E-state index is 0.00356. The summed E-state index contributed by atoms with van der Waals surface area (Å²) >= 11 is 1.64. The first-order valence-corrected chi connectivity index (χ1v) is 8.59. The topological polar surface area (TPSA) is 51.7 Å². The molecule has 1 atom stereocenters. The third-order valence-corrected chi connectivity index (χ3v) is 5.34. The number of benzene rings is 1. The van der Waals surface area contributed by atoms with Crippen LogP contribution in [0, 0.1) is 13.8 Å². The van der Waals surface area contributed by atoms with Gasteiger partial charge in [-0.25, -0.2) is 4.98 Å². The van der Waals surface area contributed by atoms with Gasteiger partial charge >= 0.3 is 0 Å². The second-order valence-electron chi connectivity index (χ2n) is 5.73. The van der Waals surface area contributed by atoms with Gasteiger partial charge in [0, 0.05) is 11.9 Å². The lowest BCUT2D eigenvalue weighted by molar-refractivity contribution is -0.131. The molecule has 0 saturated heterocycles. The van der Waals surface area contributed by atoms with Crippen LogP contribution < -0.4 is 9.47 Å². The van der Waals surface area contributed by atoms with Crippen molar-refractivity contribution in [3.05, 3.63) is 39.3 Å². The van der Waals surface area contributed by atoms with Crippen molar-refractivity contribution in [2.75, 3.05) is 21.3 Å². The van der Waals surface area contributed by atoms with Crippen LogP contribution in [-0.4, -0.2) is 37.1 Å². The standard InChI is InChI=1S/C18H24N2O3S/c1-11-18(24-13(3)19-11)12(2)20(4)17(21)10-14-7-8-15(22-5)16(9-14)23-6/h7-9,12H,10H2,1-6H3/t12-/m1/s1. The highest BCUT2D eigenvalue weighted by molar-refractivity contribution is 7.11. The van der Waals surface area contributed by atoms with Gasteiger partial charge in [0.1, 0.15) is 0 Å². The highest BCUT2D eigenvalue weighted by Crippen LogP contribution is 2.30. The van der Waals surface area contributed by atoms with E-state index in [0.717, 1.165) is 21.1 Å². The van der Waals surface area contributed by atoms with E-state index in [1.54, 1.807) is 30.5 Å². The number of nitrogens with zero attached hydrogens (tertiary/aromatic N) is 2. The molecular weight excluding hydrogens is 324 g/mol. The molecule has 0 bridgehead atoms. The minimum Gasteiger partial charge on any atom is -0.493 e. The molecular formula is C18H24N2O3S. The quantitative estimate of drug-likeness (QED) is 0.801. The van der Waals surface area contributed by atoms with E-state index >= 15 is 0 Å². The molecule has 2 aromatic rings. The van der Waals surface area contributed by atoms with Crippen LogP contribution in [0.25, 0.3) is 0 Å². The average molecular weight is 348 g/mol. The molecule has 0 unspecified atom stereocenters. The van der Waals surface area contributed by atoms with Crippen LogP contribution in [0.2, 0.25) is 0 Å². The van der Waals surface area contributed by atoms with Crippen molar-refractivity contribution in [1.82, 2.24) is 9.88 Å². The van der Waals surface area contributed by atoms with E-state index in [2.05, 4.69) is 4.98 Å². The van der Waals surface area contributed by atoms with E-state index in [1.165, 1.54) is 0 Å². The number of amides is 1. The molecule has 130 valence electrons. The lowest BCUT2D eigenvalue weighted by Crippen LogP contribution is -2.30. The number of methoxy groups -OCH3 is 2. The van der Waals surface area contributed by atoms with Gasteiger partial charge in [0.15, 0.2) is 11.5 Å².